The average molecular weight is 493 g/mol. The molecule has 5 nitrogen and oxygen atoms in total. The largest absolute Gasteiger partial charge is 0.376 e. The highest BCUT2D eigenvalue weighted by Crippen LogP contribution is 2.28. The number of carbonyl (C=O) groups is 1. The molecule has 4 rings (SSSR count). The molecule has 29 heavy (non-hydrogen) atoms. The summed E-state index contributed by atoms with van der Waals surface area (Å²) in [5.74, 6) is 1.09. The van der Waals surface area contributed by atoms with Gasteiger partial charge in [0.25, 0.3) is 0 Å². The van der Waals surface area contributed by atoms with Crippen molar-refractivity contribution in [3.05, 3.63) is 63.6 Å². The van der Waals surface area contributed by atoms with Crippen LogP contribution in [0.3, 0.4) is 0 Å². The zero-order valence-corrected chi connectivity index (χ0v) is 18.7. The van der Waals surface area contributed by atoms with Gasteiger partial charge < -0.3 is 4.74 Å². The number of hydrogen-bond donors (Lipinski definition) is 0. The Morgan fingerprint density at radius 3 is 2.72 bits per heavy atom. The van der Waals surface area contributed by atoms with Gasteiger partial charge in [-0.3, -0.25) is 9.36 Å². The lowest BCUT2D eigenvalue weighted by molar-refractivity contribution is 0.0953. The molecule has 0 bridgehead atoms. The van der Waals surface area contributed by atoms with Crippen LogP contribution in [-0.4, -0.2) is 39.0 Å². The minimum absolute atomic E-state index is 0.0437. The van der Waals surface area contributed by atoms with Crippen LogP contribution in [0.1, 0.15) is 23.2 Å². The molecule has 1 fully saturated rings. The molecule has 1 atom stereocenters. The van der Waals surface area contributed by atoms with Gasteiger partial charge in [-0.25, -0.2) is 0 Å². The second-order valence-corrected chi connectivity index (χ2v) is 8.98. The molecule has 8 heteroatoms. The predicted molar refractivity (Wildman–Crippen MR) is 119 cm³/mol. The lowest BCUT2D eigenvalue weighted by Gasteiger charge is -2.14. The molecule has 0 N–H and O–H groups in total. The molecular weight excluding hydrogens is 474 g/mol. The van der Waals surface area contributed by atoms with Gasteiger partial charge in [-0.2, -0.15) is 0 Å². The maximum atomic E-state index is 12.7. The topological polar surface area (TPSA) is 57.0 Å². The van der Waals surface area contributed by atoms with Crippen molar-refractivity contribution in [1.82, 2.24) is 14.8 Å². The number of rotatable bonds is 7. The molecule has 1 aliphatic rings. The number of thioether (sulfide) groups is 1. The Labute approximate surface area is 186 Å². The van der Waals surface area contributed by atoms with Gasteiger partial charge in [0.15, 0.2) is 16.8 Å². The Hall–Kier alpha value is -1.67. The second kappa shape index (κ2) is 9.43. The van der Waals surface area contributed by atoms with E-state index < -0.39 is 0 Å². The zero-order valence-electron chi connectivity index (χ0n) is 15.6. The molecule has 2 heterocycles. The van der Waals surface area contributed by atoms with E-state index in [9.17, 15) is 4.79 Å². The third-order valence-electron chi connectivity index (χ3n) is 4.74. The Kier molecular flexibility index (Phi) is 6.70. The maximum Gasteiger partial charge on any atom is 0.192 e. The van der Waals surface area contributed by atoms with Crippen LogP contribution in [0.25, 0.3) is 11.4 Å². The van der Waals surface area contributed by atoms with Gasteiger partial charge in [0.1, 0.15) is 0 Å². The predicted octanol–water partition coefficient (Wildman–Crippen LogP) is 5.52. The number of hydrogen-bond acceptors (Lipinski definition) is 5. The first kappa shape index (κ1) is 20.6. The van der Waals surface area contributed by atoms with Gasteiger partial charge in [0, 0.05) is 27.2 Å². The minimum Gasteiger partial charge on any atom is -0.376 e. The first-order chi connectivity index (χ1) is 14.1. The molecular formula is C21H19BrClN3O2S. The highest BCUT2D eigenvalue weighted by molar-refractivity contribution is 9.10. The summed E-state index contributed by atoms with van der Waals surface area (Å²) >= 11 is 10.9. The van der Waals surface area contributed by atoms with Crippen molar-refractivity contribution in [2.24, 2.45) is 0 Å². The van der Waals surface area contributed by atoms with Crippen LogP contribution in [0.15, 0.2) is 58.2 Å². The second-order valence-electron chi connectivity index (χ2n) is 6.75. The first-order valence-electron chi connectivity index (χ1n) is 9.33. The van der Waals surface area contributed by atoms with Gasteiger partial charge in [0.05, 0.1) is 18.4 Å². The van der Waals surface area contributed by atoms with Crippen molar-refractivity contribution in [2.75, 3.05) is 12.4 Å². The average Bonchev–Trinajstić information content (AvgIpc) is 3.38. The molecule has 1 saturated heterocycles. The van der Waals surface area contributed by atoms with Crippen LogP contribution < -0.4 is 0 Å². The fourth-order valence-corrected chi connectivity index (χ4v) is 4.72. The fraction of sp³-hybridized carbons (Fsp3) is 0.286. The summed E-state index contributed by atoms with van der Waals surface area (Å²) in [5, 5.41) is 10.2. The third kappa shape index (κ3) is 4.91. The van der Waals surface area contributed by atoms with Crippen molar-refractivity contribution in [3.63, 3.8) is 0 Å². The van der Waals surface area contributed by atoms with Gasteiger partial charge in [-0.15, -0.1) is 10.2 Å². The van der Waals surface area contributed by atoms with Crippen molar-refractivity contribution >= 4 is 45.1 Å². The van der Waals surface area contributed by atoms with Crippen LogP contribution in [0.4, 0.5) is 0 Å². The monoisotopic (exact) mass is 491 g/mol. The smallest absolute Gasteiger partial charge is 0.192 e. The van der Waals surface area contributed by atoms with Crippen molar-refractivity contribution in [2.45, 2.75) is 30.6 Å². The summed E-state index contributed by atoms with van der Waals surface area (Å²) in [6.45, 7) is 1.45. The Balaban J connectivity index is 1.57. The van der Waals surface area contributed by atoms with E-state index in [2.05, 4.69) is 30.7 Å². The summed E-state index contributed by atoms with van der Waals surface area (Å²) < 4.78 is 8.67. The van der Waals surface area contributed by atoms with E-state index in [1.54, 1.807) is 0 Å². The van der Waals surface area contributed by atoms with Gasteiger partial charge in [0.2, 0.25) is 0 Å². The van der Waals surface area contributed by atoms with E-state index in [1.165, 1.54) is 11.8 Å². The van der Waals surface area contributed by atoms with Gasteiger partial charge >= 0.3 is 0 Å². The van der Waals surface area contributed by atoms with E-state index in [1.807, 2.05) is 48.5 Å². The Morgan fingerprint density at radius 2 is 2.00 bits per heavy atom. The first-order valence-corrected chi connectivity index (χ1v) is 11.5. The summed E-state index contributed by atoms with van der Waals surface area (Å²) in [5.41, 5.74) is 1.60. The fourth-order valence-electron chi connectivity index (χ4n) is 3.26. The summed E-state index contributed by atoms with van der Waals surface area (Å²) in [7, 11) is 0. The van der Waals surface area contributed by atoms with E-state index in [4.69, 9.17) is 16.3 Å². The maximum absolute atomic E-state index is 12.7. The zero-order chi connectivity index (χ0) is 20.2. The van der Waals surface area contributed by atoms with Crippen LogP contribution in [-0.2, 0) is 11.3 Å². The Bertz CT molecular complexity index is 1000. The molecule has 1 aliphatic heterocycles. The number of nitrogens with zero attached hydrogens (tertiary/aromatic N) is 3. The number of aromatic nitrogens is 3. The number of benzene rings is 2. The molecule has 0 radical (unpaired) electrons. The summed E-state index contributed by atoms with van der Waals surface area (Å²) in [6, 6.07) is 15.0. The molecule has 0 spiro atoms. The Morgan fingerprint density at radius 1 is 1.21 bits per heavy atom. The van der Waals surface area contributed by atoms with Gasteiger partial charge in [-0.05, 0) is 43.2 Å². The van der Waals surface area contributed by atoms with E-state index in [0.717, 1.165) is 35.3 Å². The third-order valence-corrected chi connectivity index (χ3v) is 6.65. The highest BCUT2D eigenvalue weighted by Gasteiger charge is 2.22. The summed E-state index contributed by atoms with van der Waals surface area (Å²) in [6.07, 6.45) is 2.21. The van der Waals surface area contributed by atoms with Crippen LogP contribution in [0.2, 0.25) is 5.02 Å². The minimum atomic E-state index is 0.0437. The number of Topliss-reactive ketones (excluding diaryl/α,β-unsaturated/α-hetero) is 1. The molecule has 3 aromatic rings. The van der Waals surface area contributed by atoms with E-state index in [0.29, 0.717) is 22.3 Å². The molecule has 2 aromatic carbocycles. The summed E-state index contributed by atoms with van der Waals surface area (Å²) in [4.78, 5) is 12.7. The van der Waals surface area contributed by atoms with E-state index >= 15 is 0 Å². The number of ketones is 1. The molecule has 150 valence electrons. The van der Waals surface area contributed by atoms with Crippen molar-refractivity contribution in [1.29, 1.82) is 0 Å². The van der Waals surface area contributed by atoms with Crippen molar-refractivity contribution < 1.29 is 9.53 Å². The molecule has 1 aromatic heterocycles. The number of ether oxygens (including phenoxy) is 1. The number of carbonyl (C=O) groups excluding carboxylic acids is 1. The van der Waals surface area contributed by atoms with Crippen LogP contribution in [0, 0.1) is 0 Å². The lowest BCUT2D eigenvalue weighted by Crippen LogP contribution is -2.17. The molecule has 0 unspecified atom stereocenters. The molecule has 0 amide bonds. The quantitative estimate of drug-likeness (QED) is 0.321. The standard InChI is InChI=1S/C21H19BrClN3O2S/c22-18-6-2-1-5-17(18)19(27)13-29-21-25-24-20(14-7-9-15(23)10-8-14)26(21)12-16-4-3-11-28-16/h1-2,5-10,16H,3-4,11-13H2/t16-/m1/s1. The van der Waals surface area contributed by atoms with E-state index in [-0.39, 0.29) is 17.6 Å². The number of halogens is 2. The normalized spacial score (nSPS) is 16.3. The molecule has 0 saturated carbocycles. The van der Waals surface area contributed by atoms with Crippen LogP contribution >= 0.6 is 39.3 Å². The van der Waals surface area contributed by atoms with Crippen LogP contribution in [0.5, 0.6) is 0 Å². The highest BCUT2D eigenvalue weighted by atomic mass is 79.9. The lowest BCUT2D eigenvalue weighted by atomic mass is 10.1. The SMILES string of the molecule is O=C(CSc1nnc(-c2ccc(Cl)cc2)n1C[C@H]1CCCO1)c1ccccc1Br. The van der Waals surface area contributed by atoms with Gasteiger partial charge in [-0.1, -0.05) is 57.5 Å². The van der Waals surface area contributed by atoms with Crippen molar-refractivity contribution in [3.8, 4) is 11.4 Å². The molecule has 0 aliphatic carbocycles.